The summed E-state index contributed by atoms with van der Waals surface area (Å²) in [5.74, 6) is -1.86. The Labute approximate surface area is 117 Å². The highest BCUT2D eigenvalue weighted by Crippen LogP contribution is 2.11. The van der Waals surface area contributed by atoms with E-state index in [0.717, 1.165) is 0 Å². The molecular weight excluding hydrogens is 262 g/mol. The topological polar surface area (TPSA) is 83.9 Å². The van der Waals surface area contributed by atoms with Crippen LogP contribution < -0.4 is 0 Å². The lowest BCUT2D eigenvalue weighted by atomic mass is 10.1. The molecule has 108 valence electrons. The number of carbonyl (C=O) groups excluding carboxylic acids is 2. The average molecular weight is 279 g/mol. The van der Waals surface area contributed by atoms with Crippen molar-refractivity contribution in [2.75, 3.05) is 20.7 Å². The summed E-state index contributed by atoms with van der Waals surface area (Å²) in [4.78, 5) is 35.6. The van der Waals surface area contributed by atoms with Gasteiger partial charge in [-0.1, -0.05) is 12.1 Å². The van der Waals surface area contributed by atoms with Crippen LogP contribution in [-0.4, -0.2) is 48.6 Å². The Kier molecular flexibility index (Phi) is 5.71. The third-order valence-electron chi connectivity index (χ3n) is 2.84. The maximum Gasteiger partial charge on any atom is 0.336 e. The van der Waals surface area contributed by atoms with Gasteiger partial charge in [-0.2, -0.15) is 0 Å². The monoisotopic (exact) mass is 279 g/mol. The van der Waals surface area contributed by atoms with Crippen molar-refractivity contribution in [2.24, 2.45) is 0 Å². The molecule has 6 heteroatoms. The molecule has 1 rings (SSSR count). The van der Waals surface area contributed by atoms with Crippen molar-refractivity contribution in [3.63, 3.8) is 0 Å². The molecule has 0 saturated carbocycles. The van der Waals surface area contributed by atoms with Crippen LogP contribution in [0.2, 0.25) is 0 Å². The molecule has 0 saturated heterocycles. The number of amides is 1. The van der Waals surface area contributed by atoms with E-state index in [1.54, 1.807) is 19.2 Å². The molecule has 1 amide bonds. The lowest BCUT2D eigenvalue weighted by Crippen LogP contribution is -2.29. The summed E-state index contributed by atoms with van der Waals surface area (Å²) >= 11 is 0. The number of hydrogen-bond acceptors (Lipinski definition) is 4. The van der Waals surface area contributed by atoms with Crippen LogP contribution in [0.3, 0.4) is 0 Å². The average Bonchev–Trinajstić information content (AvgIpc) is 2.45. The number of carboxylic acids is 1. The normalized spacial score (nSPS) is 9.90. The molecule has 20 heavy (non-hydrogen) atoms. The second-order valence-electron chi connectivity index (χ2n) is 4.26. The minimum Gasteiger partial charge on any atom is -0.478 e. The number of carboxylic acid groups (broad SMARTS) is 1. The molecule has 0 heterocycles. The second-order valence-corrected chi connectivity index (χ2v) is 4.26. The maximum atomic E-state index is 12.2. The van der Waals surface area contributed by atoms with E-state index in [0.29, 0.717) is 13.0 Å². The Bertz CT molecular complexity index is 512. The van der Waals surface area contributed by atoms with Gasteiger partial charge in [0.15, 0.2) is 0 Å². The second kappa shape index (κ2) is 7.28. The number of hydrogen-bond donors (Lipinski definition) is 1. The van der Waals surface area contributed by atoms with Crippen LogP contribution in [-0.2, 0) is 9.53 Å². The molecule has 6 nitrogen and oxygen atoms in total. The summed E-state index contributed by atoms with van der Waals surface area (Å²) in [7, 11) is 2.87. The van der Waals surface area contributed by atoms with Crippen molar-refractivity contribution in [2.45, 2.75) is 12.8 Å². The van der Waals surface area contributed by atoms with Gasteiger partial charge in [0.25, 0.3) is 5.91 Å². The molecule has 0 radical (unpaired) electrons. The number of benzene rings is 1. The van der Waals surface area contributed by atoms with E-state index < -0.39 is 5.97 Å². The van der Waals surface area contributed by atoms with Gasteiger partial charge in [-0.15, -0.1) is 0 Å². The van der Waals surface area contributed by atoms with E-state index in [2.05, 4.69) is 4.74 Å². The molecule has 0 unspecified atom stereocenters. The van der Waals surface area contributed by atoms with Gasteiger partial charge in [0, 0.05) is 20.0 Å². The Hall–Kier alpha value is -2.37. The smallest absolute Gasteiger partial charge is 0.336 e. The van der Waals surface area contributed by atoms with Gasteiger partial charge in [0.2, 0.25) is 0 Å². The fraction of sp³-hybridized carbons (Fsp3) is 0.357. The number of nitrogens with zero attached hydrogens (tertiary/aromatic N) is 1. The van der Waals surface area contributed by atoms with Crippen molar-refractivity contribution in [3.8, 4) is 0 Å². The van der Waals surface area contributed by atoms with Gasteiger partial charge in [-0.3, -0.25) is 9.59 Å². The summed E-state index contributed by atoms with van der Waals surface area (Å²) < 4.78 is 4.51. The maximum absolute atomic E-state index is 12.2. The fourth-order valence-corrected chi connectivity index (χ4v) is 1.73. The van der Waals surface area contributed by atoms with Gasteiger partial charge >= 0.3 is 11.9 Å². The van der Waals surface area contributed by atoms with E-state index in [1.807, 2.05) is 0 Å². The van der Waals surface area contributed by atoms with Crippen LogP contribution in [0.4, 0.5) is 0 Å². The Morgan fingerprint density at radius 2 is 1.80 bits per heavy atom. The number of ether oxygens (including phenoxy) is 1. The fourth-order valence-electron chi connectivity index (χ4n) is 1.73. The van der Waals surface area contributed by atoms with Crippen molar-refractivity contribution in [3.05, 3.63) is 35.4 Å². The quantitative estimate of drug-likeness (QED) is 0.796. The molecule has 0 aromatic heterocycles. The molecular formula is C14H17NO5. The van der Waals surface area contributed by atoms with Crippen molar-refractivity contribution >= 4 is 17.8 Å². The van der Waals surface area contributed by atoms with Crippen molar-refractivity contribution in [1.82, 2.24) is 4.90 Å². The Balaban J connectivity index is 2.70. The largest absolute Gasteiger partial charge is 0.478 e. The number of rotatable bonds is 6. The minimum absolute atomic E-state index is 0.0303. The highest BCUT2D eigenvalue weighted by atomic mass is 16.5. The van der Waals surface area contributed by atoms with Crippen LogP contribution in [0.1, 0.15) is 33.6 Å². The molecule has 0 spiro atoms. The van der Waals surface area contributed by atoms with Crippen LogP contribution in [0.25, 0.3) is 0 Å². The zero-order chi connectivity index (χ0) is 15.1. The first kappa shape index (κ1) is 15.7. The Morgan fingerprint density at radius 1 is 1.20 bits per heavy atom. The van der Waals surface area contributed by atoms with Crippen LogP contribution in [0.15, 0.2) is 24.3 Å². The lowest BCUT2D eigenvalue weighted by Gasteiger charge is -2.17. The highest BCUT2D eigenvalue weighted by Gasteiger charge is 2.18. The predicted molar refractivity (Wildman–Crippen MR) is 71.6 cm³/mol. The summed E-state index contributed by atoms with van der Waals surface area (Å²) in [6.07, 6.45) is 0.679. The lowest BCUT2D eigenvalue weighted by molar-refractivity contribution is -0.140. The van der Waals surface area contributed by atoms with E-state index in [4.69, 9.17) is 5.11 Å². The van der Waals surface area contributed by atoms with Gasteiger partial charge in [-0.05, 0) is 18.6 Å². The van der Waals surface area contributed by atoms with Crippen LogP contribution in [0, 0.1) is 0 Å². The van der Waals surface area contributed by atoms with Crippen LogP contribution >= 0.6 is 0 Å². The molecule has 1 N–H and O–H groups in total. The van der Waals surface area contributed by atoms with E-state index in [1.165, 1.54) is 24.1 Å². The van der Waals surface area contributed by atoms with Gasteiger partial charge in [-0.25, -0.2) is 4.79 Å². The number of methoxy groups -OCH3 is 1. The highest BCUT2D eigenvalue weighted by molar-refractivity contribution is 6.04. The first-order chi connectivity index (χ1) is 9.47. The zero-order valence-electron chi connectivity index (χ0n) is 11.5. The van der Waals surface area contributed by atoms with Crippen molar-refractivity contribution < 1.29 is 24.2 Å². The molecule has 1 aromatic carbocycles. The molecule has 0 atom stereocenters. The molecule has 0 aliphatic rings. The summed E-state index contributed by atoms with van der Waals surface area (Å²) in [5, 5.41) is 9.05. The molecule has 0 aliphatic carbocycles. The minimum atomic E-state index is -1.14. The van der Waals surface area contributed by atoms with Gasteiger partial charge < -0.3 is 14.7 Å². The molecule has 1 aromatic rings. The van der Waals surface area contributed by atoms with E-state index in [-0.39, 0.29) is 29.4 Å². The Morgan fingerprint density at radius 3 is 2.35 bits per heavy atom. The SMILES string of the molecule is COC(=O)CCCN(C)C(=O)c1ccccc1C(=O)O. The van der Waals surface area contributed by atoms with E-state index in [9.17, 15) is 14.4 Å². The summed E-state index contributed by atoms with van der Waals surface area (Å²) in [5.41, 5.74) is 0.109. The standard InChI is InChI=1S/C14H17NO5/c1-15(9-5-8-12(16)20-2)13(17)10-6-3-4-7-11(10)14(18)19/h3-4,6-7H,5,8-9H2,1-2H3,(H,18,19). The van der Waals surface area contributed by atoms with Crippen molar-refractivity contribution in [1.29, 1.82) is 0 Å². The van der Waals surface area contributed by atoms with Gasteiger partial charge in [0.05, 0.1) is 18.2 Å². The number of esters is 1. The zero-order valence-corrected chi connectivity index (χ0v) is 11.5. The van der Waals surface area contributed by atoms with Crippen LogP contribution in [0.5, 0.6) is 0 Å². The third-order valence-corrected chi connectivity index (χ3v) is 2.84. The predicted octanol–water partition coefficient (Wildman–Crippen LogP) is 1.41. The molecule has 0 bridgehead atoms. The summed E-state index contributed by atoms with van der Waals surface area (Å²) in [6, 6.07) is 6.04. The number of carbonyl (C=O) groups is 3. The molecule has 0 aliphatic heterocycles. The first-order valence-corrected chi connectivity index (χ1v) is 6.12. The van der Waals surface area contributed by atoms with Gasteiger partial charge in [0.1, 0.15) is 0 Å². The van der Waals surface area contributed by atoms with E-state index >= 15 is 0 Å². The molecule has 0 fully saturated rings. The number of aromatic carboxylic acids is 1. The summed E-state index contributed by atoms with van der Waals surface area (Å²) in [6.45, 7) is 0.349. The third kappa shape index (κ3) is 4.08. The first-order valence-electron chi connectivity index (χ1n) is 6.12.